The van der Waals surface area contributed by atoms with Crippen LogP contribution in [-0.4, -0.2) is 227 Å². The number of allylic oxidation sites excluding steroid dienone is 1. The van der Waals surface area contributed by atoms with Crippen molar-refractivity contribution in [2.24, 2.45) is 56.2 Å². The number of carbonyl (C=O) groups is 3. The monoisotopic (exact) mass is 1130 g/mol. The van der Waals surface area contributed by atoms with Crippen LogP contribution in [0.4, 0.5) is 0 Å². The van der Waals surface area contributed by atoms with Crippen LogP contribution in [0.15, 0.2) is 11.6 Å². The molecule has 24 heteroatoms. The molecule has 0 aromatic carbocycles. The number of esters is 2. The lowest BCUT2D eigenvalue weighted by molar-refractivity contribution is -0.392. The van der Waals surface area contributed by atoms with Crippen LogP contribution in [0.5, 0.6) is 0 Å². The molecule has 28 atom stereocenters. The van der Waals surface area contributed by atoms with Crippen LogP contribution in [0.25, 0.3) is 0 Å². The third-order valence-electron chi connectivity index (χ3n) is 21.7. The Hall–Kier alpha value is -2.57. The van der Waals surface area contributed by atoms with E-state index in [0.717, 1.165) is 0 Å². The molecule has 8 fully saturated rings. The van der Waals surface area contributed by atoms with Gasteiger partial charge in [-0.05, 0) is 105 Å². The summed E-state index contributed by atoms with van der Waals surface area (Å²) < 4.78 is 48.3. The van der Waals surface area contributed by atoms with E-state index in [1.54, 1.807) is 19.9 Å². The summed E-state index contributed by atoms with van der Waals surface area (Å²) in [5.41, 5.74) is -4.41. The maximum atomic E-state index is 13.4. The smallest absolute Gasteiger partial charge is 0.335 e. The van der Waals surface area contributed by atoms with E-state index in [9.17, 15) is 80.8 Å². The second-order valence-corrected chi connectivity index (χ2v) is 26.0. The number of hydrogen-bond donors (Lipinski definition) is 13. The molecule has 8 rings (SSSR count). The van der Waals surface area contributed by atoms with Gasteiger partial charge < -0.3 is 104 Å². The average molecular weight is 1130 g/mol. The van der Waals surface area contributed by atoms with Crippen LogP contribution in [-0.2, 0) is 52.3 Å². The lowest BCUT2D eigenvalue weighted by Crippen LogP contribution is -2.75. The summed E-state index contributed by atoms with van der Waals surface area (Å²) in [6, 6.07) is 0. The molecule has 0 aromatic heterocycles. The van der Waals surface area contributed by atoms with Crippen molar-refractivity contribution in [3.8, 4) is 0 Å². The van der Waals surface area contributed by atoms with Crippen molar-refractivity contribution >= 4 is 17.9 Å². The second kappa shape index (κ2) is 22.8. The fourth-order valence-corrected chi connectivity index (χ4v) is 17.0. The summed E-state index contributed by atoms with van der Waals surface area (Å²) in [4.78, 5) is 39.5. The minimum atomic E-state index is -2.17. The quantitative estimate of drug-likeness (QED) is 0.0549. The van der Waals surface area contributed by atoms with Crippen molar-refractivity contribution in [3.63, 3.8) is 0 Å². The Morgan fingerprint density at radius 3 is 1.68 bits per heavy atom. The molecule has 0 spiro atoms. The largest absolute Gasteiger partial charge is 0.479 e. The van der Waals surface area contributed by atoms with E-state index in [-0.39, 0.29) is 36.5 Å². The van der Waals surface area contributed by atoms with Crippen LogP contribution in [0.3, 0.4) is 0 Å². The Morgan fingerprint density at radius 1 is 0.582 bits per heavy atom. The number of fused-ring (bicyclic) bond motifs is 7. The van der Waals surface area contributed by atoms with Crippen molar-refractivity contribution in [2.75, 3.05) is 26.4 Å². The normalized spacial score (nSPS) is 51.7. The van der Waals surface area contributed by atoms with Gasteiger partial charge in [-0.1, -0.05) is 47.6 Å². The van der Waals surface area contributed by atoms with Gasteiger partial charge in [-0.25, -0.2) is 9.59 Å². The Balaban J connectivity index is 1.10. The summed E-state index contributed by atoms with van der Waals surface area (Å²) in [6.45, 7) is 14.4. The highest BCUT2D eigenvalue weighted by atomic mass is 16.8. The molecule has 3 heterocycles. The van der Waals surface area contributed by atoms with E-state index in [4.69, 9.17) is 37.9 Å². The Morgan fingerprint density at radius 2 is 1.16 bits per heavy atom. The molecule has 5 saturated carbocycles. The SMILES string of the molecule is C/C=C(\C)C(=O)O[C@H]1[C@H](OC(C)=O)[C@]2(CO)[C@H](O)C[C@]3(C)[C@H](CC[C@@H]4[C@@]5(C)CC[C@H](O[C@@H]6O[C@H](C(=O)O)[C@@H](O[C@@H]7O[C@H](CO)[C@@H](O)[C@H](O)[C@H]7O)[C@H](O)[C@H]6O[C@@H]6O[C@H](CO)[C@@H](O)[C@H](O)[C@H]6O)[C@](C)(CO)[C@@H]5CC[C@]43C)[C@@H]2CC1(C)C. The predicted molar refractivity (Wildman–Crippen MR) is 269 cm³/mol. The van der Waals surface area contributed by atoms with E-state index in [1.807, 2.05) is 20.8 Å². The first-order valence-electron chi connectivity index (χ1n) is 28.0. The van der Waals surface area contributed by atoms with Gasteiger partial charge in [0.15, 0.2) is 25.0 Å². The number of rotatable bonds is 14. The zero-order chi connectivity index (χ0) is 58.4. The van der Waals surface area contributed by atoms with E-state index < -0.39 is 193 Å². The summed E-state index contributed by atoms with van der Waals surface area (Å²) in [5.74, 6) is -3.69. The standard InChI is InChI=1S/C55H88O24/c1-10-23(2)46(71)79-43-44(72-24(3)60)55(22-59)26(17-50(43,4)5)25-11-12-30-51(6)15-14-32(52(7,21-58)29(51)13-16-53(30,8)54(25,9)18-31(55)61)75-49-41(77-48-38(67)36(65)34(63)28(20-57)74-48)39(68)40(42(78-49)45(69)70)76-47-37(66)35(64)33(62)27(19-56)73-47/h10,25-44,47-49,56-59,61-68H,11-22H2,1-9H3,(H,69,70)/b23-10+/t25-,26+,27-,28-,29-,30-,31-,32+,33-,34-,35+,36+,37-,38-,39+,40+,41-,42+,43+,44+,47+,48+,49-,51+,52-,53-,54-,55+/m1/s1. The van der Waals surface area contributed by atoms with E-state index in [1.165, 1.54) is 6.92 Å². The van der Waals surface area contributed by atoms with Crippen molar-refractivity contribution < 1.29 is 119 Å². The van der Waals surface area contributed by atoms with Crippen LogP contribution >= 0.6 is 0 Å². The Labute approximate surface area is 459 Å². The van der Waals surface area contributed by atoms with Crippen LogP contribution in [0.2, 0.25) is 0 Å². The molecule has 13 N–H and O–H groups in total. The highest BCUT2D eigenvalue weighted by Crippen LogP contribution is 2.77. The molecule has 79 heavy (non-hydrogen) atoms. The lowest BCUT2D eigenvalue weighted by Gasteiger charge is -2.75. The maximum absolute atomic E-state index is 13.4. The van der Waals surface area contributed by atoms with Gasteiger partial charge in [0, 0.05) is 23.3 Å². The van der Waals surface area contributed by atoms with Gasteiger partial charge in [0.05, 0.1) is 44.1 Å². The van der Waals surface area contributed by atoms with E-state index in [0.29, 0.717) is 44.1 Å². The Bertz CT molecular complexity index is 2230. The van der Waals surface area contributed by atoms with E-state index >= 15 is 0 Å². The van der Waals surface area contributed by atoms with Crippen LogP contribution in [0, 0.1) is 56.2 Å². The molecule has 0 radical (unpaired) electrons. The van der Waals surface area contributed by atoms with Gasteiger partial charge in [0.2, 0.25) is 0 Å². The van der Waals surface area contributed by atoms with Gasteiger partial charge in [-0.2, -0.15) is 0 Å². The molecule has 3 aliphatic heterocycles. The third kappa shape index (κ3) is 10.0. The number of aliphatic hydroxyl groups excluding tert-OH is 12. The summed E-state index contributed by atoms with van der Waals surface area (Å²) in [5, 5.41) is 143. The Kier molecular flexibility index (Phi) is 18.0. The molecule has 0 aromatic rings. The number of carbonyl (C=O) groups excluding carboxylic acids is 2. The number of hydrogen-bond acceptors (Lipinski definition) is 23. The molecule has 452 valence electrons. The van der Waals surface area contributed by atoms with Crippen molar-refractivity contribution in [1.82, 2.24) is 0 Å². The number of aliphatic hydroxyl groups is 12. The van der Waals surface area contributed by atoms with Gasteiger partial charge in [0.1, 0.15) is 79.4 Å². The van der Waals surface area contributed by atoms with E-state index in [2.05, 4.69) is 20.8 Å². The summed E-state index contributed by atoms with van der Waals surface area (Å²) in [6.07, 6.45) is -27.4. The average Bonchev–Trinajstić information content (AvgIpc) is 3.29. The molecular formula is C55H88O24. The first-order valence-corrected chi connectivity index (χ1v) is 28.0. The molecule has 3 saturated heterocycles. The first-order chi connectivity index (χ1) is 36.9. The number of carboxylic acids is 1. The number of carboxylic acid groups (broad SMARTS) is 1. The molecule has 0 bridgehead atoms. The number of ether oxygens (including phenoxy) is 8. The van der Waals surface area contributed by atoms with Crippen molar-refractivity contribution in [3.05, 3.63) is 11.6 Å². The highest BCUT2D eigenvalue weighted by molar-refractivity contribution is 5.87. The molecule has 5 aliphatic carbocycles. The second-order valence-electron chi connectivity index (χ2n) is 26.0. The van der Waals surface area contributed by atoms with Gasteiger partial charge in [-0.15, -0.1) is 0 Å². The number of aliphatic carboxylic acids is 1. The van der Waals surface area contributed by atoms with Gasteiger partial charge >= 0.3 is 17.9 Å². The van der Waals surface area contributed by atoms with Gasteiger partial charge in [0.25, 0.3) is 0 Å². The van der Waals surface area contributed by atoms with Crippen molar-refractivity contribution in [2.45, 2.75) is 230 Å². The lowest BCUT2D eigenvalue weighted by atomic mass is 9.30. The van der Waals surface area contributed by atoms with Crippen molar-refractivity contribution in [1.29, 1.82) is 0 Å². The highest BCUT2D eigenvalue weighted by Gasteiger charge is 2.76. The topological polar surface area (TPSA) is 388 Å². The minimum Gasteiger partial charge on any atom is -0.479 e. The fraction of sp³-hybridized carbons (Fsp3) is 0.909. The fourth-order valence-electron chi connectivity index (χ4n) is 17.0. The van der Waals surface area contributed by atoms with Crippen LogP contribution in [0.1, 0.15) is 114 Å². The molecule has 0 amide bonds. The van der Waals surface area contributed by atoms with Gasteiger partial charge in [-0.3, -0.25) is 4.79 Å². The molecule has 8 aliphatic rings. The minimum absolute atomic E-state index is 0.00855. The zero-order valence-electron chi connectivity index (χ0n) is 46.6. The predicted octanol–water partition coefficient (Wildman–Crippen LogP) is -1.24. The van der Waals surface area contributed by atoms with Crippen LogP contribution < -0.4 is 0 Å². The summed E-state index contributed by atoms with van der Waals surface area (Å²) in [7, 11) is 0. The molecular weight excluding hydrogens is 1040 g/mol. The molecule has 0 unspecified atom stereocenters. The first kappa shape index (κ1) is 62.5. The molecule has 24 nitrogen and oxygen atoms in total. The maximum Gasteiger partial charge on any atom is 0.335 e. The zero-order valence-corrected chi connectivity index (χ0v) is 46.6. The third-order valence-corrected chi connectivity index (χ3v) is 21.7. The summed E-state index contributed by atoms with van der Waals surface area (Å²) >= 11 is 0.